The molecule has 0 aliphatic heterocycles. The molecule has 0 fully saturated rings. The number of thiol groups is 1. The fourth-order valence-electron chi connectivity index (χ4n) is 0.274. The van der Waals surface area contributed by atoms with Gasteiger partial charge in [0, 0.05) is 0 Å². The van der Waals surface area contributed by atoms with Gasteiger partial charge in [0.25, 0.3) is 0 Å². The van der Waals surface area contributed by atoms with E-state index in [4.69, 9.17) is 0 Å². The molecule has 0 aromatic heterocycles. The summed E-state index contributed by atoms with van der Waals surface area (Å²) in [6.07, 6.45) is 0. The zero-order valence-electron chi connectivity index (χ0n) is 6.23. The van der Waals surface area contributed by atoms with Crippen molar-refractivity contribution in [1.82, 2.24) is 0 Å². The quantitative estimate of drug-likeness (QED) is 0.521. The molecule has 0 nitrogen and oxygen atoms in total. The van der Waals surface area contributed by atoms with Gasteiger partial charge in [0.15, 0.2) is 0 Å². The Morgan fingerprint density at radius 3 is 1.75 bits per heavy atom. The molecular formula is C7H16S. The van der Waals surface area contributed by atoms with Crippen LogP contribution < -0.4 is 0 Å². The Bertz CT molecular complexity index is 61.3. The highest BCUT2D eigenvalue weighted by atomic mass is 32.1. The molecule has 0 rings (SSSR count). The van der Waals surface area contributed by atoms with Gasteiger partial charge in [0.05, 0.1) is 0 Å². The highest BCUT2D eigenvalue weighted by Gasteiger charge is 2.17. The van der Waals surface area contributed by atoms with Gasteiger partial charge in [0.2, 0.25) is 0 Å². The van der Waals surface area contributed by atoms with Crippen LogP contribution in [-0.2, 0) is 0 Å². The van der Waals surface area contributed by atoms with Gasteiger partial charge in [-0.05, 0) is 17.1 Å². The standard InChI is InChI=1S/C7H16S/c1-6(5-8)7(2,3)4/h6,8H,5H2,1-4H3/t6-/m1/s1. The summed E-state index contributed by atoms with van der Waals surface area (Å²) in [5.74, 6) is 1.70. The maximum Gasteiger partial charge on any atom is -0.00671 e. The minimum absolute atomic E-state index is 0.432. The Labute approximate surface area is 58.1 Å². The molecule has 0 heterocycles. The smallest absolute Gasteiger partial charge is 0.00671 e. The molecule has 0 aromatic rings. The van der Waals surface area contributed by atoms with Gasteiger partial charge in [-0.1, -0.05) is 27.7 Å². The first kappa shape index (κ1) is 8.35. The lowest BCUT2D eigenvalue weighted by atomic mass is 9.83. The third-order valence-electron chi connectivity index (χ3n) is 1.75. The SMILES string of the molecule is C[C@H](CS)C(C)(C)C. The molecule has 0 amide bonds. The molecule has 0 saturated heterocycles. The minimum Gasteiger partial charge on any atom is -0.179 e. The lowest BCUT2D eigenvalue weighted by molar-refractivity contribution is 0.289. The average Bonchev–Trinajstić information content (AvgIpc) is 1.62. The van der Waals surface area contributed by atoms with Crippen molar-refractivity contribution in [3.8, 4) is 0 Å². The van der Waals surface area contributed by atoms with E-state index in [0.29, 0.717) is 11.3 Å². The molecule has 0 aromatic carbocycles. The summed E-state index contributed by atoms with van der Waals surface area (Å²) in [5.41, 5.74) is 0.432. The minimum atomic E-state index is 0.432. The summed E-state index contributed by atoms with van der Waals surface area (Å²) >= 11 is 4.21. The highest BCUT2D eigenvalue weighted by molar-refractivity contribution is 7.80. The maximum absolute atomic E-state index is 4.21. The van der Waals surface area contributed by atoms with Crippen molar-refractivity contribution in [3.63, 3.8) is 0 Å². The molecule has 0 aliphatic carbocycles. The van der Waals surface area contributed by atoms with Crippen LogP contribution in [-0.4, -0.2) is 5.75 Å². The maximum atomic E-state index is 4.21. The molecule has 8 heavy (non-hydrogen) atoms. The Hall–Kier alpha value is 0.350. The largest absolute Gasteiger partial charge is 0.179 e. The monoisotopic (exact) mass is 132 g/mol. The molecule has 0 bridgehead atoms. The normalized spacial score (nSPS) is 16.1. The second-order valence-corrected chi connectivity index (χ2v) is 3.81. The Balaban J connectivity index is 3.62. The van der Waals surface area contributed by atoms with Crippen molar-refractivity contribution in [2.75, 3.05) is 5.75 Å². The summed E-state index contributed by atoms with van der Waals surface area (Å²) in [4.78, 5) is 0. The number of rotatable bonds is 1. The summed E-state index contributed by atoms with van der Waals surface area (Å²) in [6.45, 7) is 8.96. The molecule has 50 valence electrons. The van der Waals surface area contributed by atoms with Crippen molar-refractivity contribution < 1.29 is 0 Å². The Morgan fingerprint density at radius 2 is 1.75 bits per heavy atom. The lowest BCUT2D eigenvalue weighted by Gasteiger charge is -2.25. The van der Waals surface area contributed by atoms with Gasteiger partial charge in [-0.15, -0.1) is 0 Å². The van der Waals surface area contributed by atoms with Crippen molar-refractivity contribution in [3.05, 3.63) is 0 Å². The molecule has 0 aliphatic rings. The van der Waals surface area contributed by atoms with Gasteiger partial charge in [-0.3, -0.25) is 0 Å². The topological polar surface area (TPSA) is 0 Å². The van der Waals surface area contributed by atoms with Crippen molar-refractivity contribution in [1.29, 1.82) is 0 Å². The molecule has 1 atom stereocenters. The molecule has 0 spiro atoms. The van der Waals surface area contributed by atoms with Crippen LogP contribution in [0.4, 0.5) is 0 Å². The van der Waals surface area contributed by atoms with Crippen LogP contribution in [0.3, 0.4) is 0 Å². The number of hydrogen-bond donors (Lipinski definition) is 1. The van der Waals surface area contributed by atoms with Crippen LogP contribution in [0.1, 0.15) is 27.7 Å². The first-order chi connectivity index (χ1) is 3.48. The third kappa shape index (κ3) is 2.61. The summed E-state index contributed by atoms with van der Waals surface area (Å²) < 4.78 is 0. The van der Waals surface area contributed by atoms with Crippen molar-refractivity contribution in [2.24, 2.45) is 11.3 Å². The lowest BCUT2D eigenvalue weighted by Crippen LogP contribution is -2.18. The molecule has 0 radical (unpaired) electrons. The Morgan fingerprint density at radius 1 is 1.38 bits per heavy atom. The zero-order chi connectivity index (χ0) is 6.78. The van der Waals surface area contributed by atoms with Crippen LogP contribution in [0.5, 0.6) is 0 Å². The predicted molar refractivity (Wildman–Crippen MR) is 42.5 cm³/mol. The first-order valence-corrected chi connectivity index (χ1v) is 3.72. The van der Waals surface area contributed by atoms with E-state index in [9.17, 15) is 0 Å². The fourth-order valence-corrected chi connectivity index (χ4v) is 0.822. The second kappa shape index (κ2) is 2.77. The predicted octanol–water partition coefficient (Wildman–Crippen LogP) is 2.60. The summed E-state index contributed by atoms with van der Waals surface area (Å²) in [7, 11) is 0. The van der Waals surface area contributed by atoms with E-state index in [2.05, 4.69) is 40.3 Å². The zero-order valence-corrected chi connectivity index (χ0v) is 7.13. The molecular weight excluding hydrogens is 116 g/mol. The molecule has 0 unspecified atom stereocenters. The van der Waals surface area contributed by atoms with Gasteiger partial charge < -0.3 is 0 Å². The summed E-state index contributed by atoms with van der Waals surface area (Å²) in [6, 6.07) is 0. The van der Waals surface area contributed by atoms with Crippen LogP contribution in [0, 0.1) is 11.3 Å². The molecule has 0 saturated carbocycles. The van der Waals surface area contributed by atoms with E-state index in [0.717, 1.165) is 5.75 Å². The molecule has 1 heteroatoms. The van der Waals surface area contributed by atoms with Gasteiger partial charge in [-0.2, -0.15) is 12.6 Å². The Kier molecular flexibility index (Phi) is 2.89. The van der Waals surface area contributed by atoms with Gasteiger partial charge in [-0.25, -0.2) is 0 Å². The average molecular weight is 132 g/mol. The summed E-state index contributed by atoms with van der Waals surface area (Å²) in [5, 5.41) is 0. The second-order valence-electron chi connectivity index (χ2n) is 3.45. The van der Waals surface area contributed by atoms with Crippen LogP contribution in [0.15, 0.2) is 0 Å². The molecule has 0 N–H and O–H groups in total. The number of hydrogen-bond acceptors (Lipinski definition) is 1. The van der Waals surface area contributed by atoms with E-state index in [-0.39, 0.29) is 0 Å². The van der Waals surface area contributed by atoms with Crippen molar-refractivity contribution in [2.45, 2.75) is 27.7 Å². The first-order valence-electron chi connectivity index (χ1n) is 3.09. The van der Waals surface area contributed by atoms with Crippen LogP contribution >= 0.6 is 12.6 Å². The third-order valence-corrected chi connectivity index (χ3v) is 2.30. The van der Waals surface area contributed by atoms with E-state index < -0.39 is 0 Å². The van der Waals surface area contributed by atoms with Crippen LogP contribution in [0.25, 0.3) is 0 Å². The highest BCUT2D eigenvalue weighted by Crippen LogP contribution is 2.25. The fraction of sp³-hybridized carbons (Fsp3) is 1.00. The van der Waals surface area contributed by atoms with Crippen molar-refractivity contribution >= 4 is 12.6 Å². The van der Waals surface area contributed by atoms with E-state index in [1.165, 1.54) is 0 Å². The van der Waals surface area contributed by atoms with E-state index >= 15 is 0 Å². The van der Waals surface area contributed by atoms with E-state index in [1.807, 2.05) is 0 Å². The van der Waals surface area contributed by atoms with E-state index in [1.54, 1.807) is 0 Å². The van der Waals surface area contributed by atoms with Crippen LogP contribution in [0.2, 0.25) is 0 Å². The van der Waals surface area contributed by atoms with Gasteiger partial charge in [0.1, 0.15) is 0 Å². The van der Waals surface area contributed by atoms with Gasteiger partial charge >= 0.3 is 0 Å².